The smallest absolute Gasteiger partial charge is 0.266 e. The van der Waals surface area contributed by atoms with Gasteiger partial charge in [0.25, 0.3) is 11.6 Å². The van der Waals surface area contributed by atoms with Gasteiger partial charge in [-0.2, -0.15) is 0 Å². The van der Waals surface area contributed by atoms with Crippen LogP contribution in [-0.2, 0) is 4.79 Å². The van der Waals surface area contributed by atoms with Crippen LogP contribution in [0.4, 0.5) is 10.8 Å². The molecular weight excluding hydrogens is 448 g/mol. The molecule has 1 aliphatic heterocycles. The van der Waals surface area contributed by atoms with E-state index in [1.807, 2.05) is 36.4 Å². The number of carbonyl (C=O) groups is 1. The second-order valence-electron chi connectivity index (χ2n) is 6.90. The van der Waals surface area contributed by atoms with Crippen LogP contribution in [0.1, 0.15) is 11.1 Å². The number of amides is 1. The van der Waals surface area contributed by atoms with Crippen LogP contribution in [0.25, 0.3) is 16.3 Å². The van der Waals surface area contributed by atoms with E-state index in [2.05, 4.69) is 9.98 Å². The second kappa shape index (κ2) is 7.99. The molecule has 0 fully saturated rings. The minimum atomic E-state index is -0.483. The molecule has 1 amide bonds. The molecule has 0 spiro atoms. The maximum atomic E-state index is 13.4. The number of hydrogen-bond donors (Lipinski definition) is 0. The minimum Gasteiger partial charge on any atom is -0.266 e. The third-order valence-electron chi connectivity index (χ3n) is 4.85. The third kappa shape index (κ3) is 3.55. The number of amidine groups is 1. The number of nitrogens with zero attached hydrogens (tertiary/aromatic N) is 4. The summed E-state index contributed by atoms with van der Waals surface area (Å²) in [5, 5.41) is 12.4. The Morgan fingerprint density at radius 1 is 1.03 bits per heavy atom. The van der Waals surface area contributed by atoms with Gasteiger partial charge in [0.15, 0.2) is 5.13 Å². The van der Waals surface area contributed by atoms with Crippen molar-refractivity contribution in [2.75, 3.05) is 4.90 Å². The lowest BCUT2D eigenvalue weighted by molar-refractivity contribution is -0.385. The molecule has 0 aliphatic carbocycles. The number of aromatic nitrogens is 1. The van der Waals surface area contributed by atoms with Crippen LogP contribution in [-0.4, -0.2) is 21.7 Å². The molecule has 0 radical (unpaired) electrons. The van der Waals surface area contributed by atoms with Gasteiger partial charge >= 0.3 is 0 Å². The number of nitro benzene ring substituents is 1. The summed E-state index contributed by atoms with van der Waals surface area (Å²) >= 11 is 7.43. The average molecular weight is 461 g/mol. The molecule has 7 nitrogen and oxygen atoms in total. The van der Waals surface area contributed by atoms with Crippen LogP contribution in [0.3, 0.4) is 0 Å². The number of aliphatic imine (C=N–C) groups is 1. The molecule has 0 atom stereocenters. The van der Waals surface area contributed by atoms with E-state index >= 15 is 0 Å². The SMILES string of the molecule is O=C1/C(=C/c2ccccc2[N+](=O)[O-])N=C(c2ccccc2)N1c1nc2cc(Cl)ccc2s1. The number of nitro groups is 1. The zero-order chi connectivity index (χ0) is 22.2. The zero-order valence-electron chi connectivity index (χ0n) is 16.3. The van der Waals surface area contributed by atoms with Gasteiger partial charge in [0.2, 0.25) is 0 Å². The van der Waals surface area contributed by atoms with Gasteiger partial charge in [-0.05, 0) is 30.3 Å². The predicted octanol–water partition coefficient (Wildman–Crippen LogP) is 5.69. The Hall–Kier alpha value is -3.88. The molecule has 0 N–H and O–H groups in total. The Morgan fingerprint density at radius 2 is 1.78 bits per heavy atom. The lowest BCUT2D eigenvalue weighted by Crippen LogP contribution is -2.32. The van der Waals surface area contributed by atoms with Gasteiger partial charge in [0, 0.05) is 16.7 Å². The molecule has 1 aliphatic rings. The number of anilines is 1. The topological polar surface area (TPSA) is 88.7 Å². The third-order valence-corrected chi connectivity index (χ3v) is 6.10. The number of thiazole rings is 1. The van der Waals surface area contributed by atoms with Crippen molar-refractivity contribution in [3.05, 3.63) is 105 Å². The summed E-state index contributed by atoms with van der Waals surface area (Å²) < 4.78 is 0.876. The molecular formula is C23H13ClN4O3S. The van der Waals surface area contributed by atoms with Gasteiger partial charge < -0.3 is 0 Å². The Morgan fingerprint density at radius 3 is 2.56 bits per heavy atom. The molecule has 0 unspecified atom stereocenters. The number of carbonyl (C=O) groups excluding carboxylic acids is 1. The monoisotopic (exact) mass is 460 g/mol. The highest BCUT2D eigenvalue weighted by Gasteiger charge is 2.35. The van der Waals surface area contributed by atoms with Crippen LogP contribution in [0.15, 0.2) is 83.5 Å². The molecule has 4 aromatic rings. The summed E-state index contributed by atoms with van der Waals surface area (Å²) in [4.78, 5) is 34.9. The van der Waals surface area contributed by atoms with Crippen molar-refractivity contribution in [3.8, 4) is 0 Å². The maximum absolute atomic E-state index is 13.4. The van der Waals surface area contributed by atoms with Crippen molar-refractivity contribution >= 4 is 61.8 Å². The van der Waals surface area contributed by atoms with Crippen LogP contribution in [0, 0.1) is 10.1 Å². The fraction of sp³-hybridized carbons (Fsp3) is 0. The van der Waals surface area contributed by atoms with Crippen LogP contribution in [0.2, 0.25) is 5.02 Å². The Labute approximate surface area is 191 Å². The number of benzene rings is 3. The maximum Gasteiger partial charge on any atom is 0.284 e. The lowest BCUT2D eigenvalue weighted by atomic mass is 10.1. The first-order chi connectivity index (χ1) is 15.5. The van der Waals surface area contributed by atoms with Gasteiger partial charge in [-0.3, -0.25) is 14.9 Å². The highest BCUT2D eigenvalue weighted by Crippen LogP contribution is 2.35. The number of para-hydroxylation sites is 1. The van der Waals surface area contributed by atoms with E-state index in [1.165, 1.54) is 28.4 Å². The fourth-order valence-corrected chi connectivity index (χ4v) is 4.50. The molecule has 5 rings (SSSR count). The summed E-state index contributed by atoms with van der Waals surface area (Å²) in [6.07, 6.45) is 1.44. The van der Waals surface area contributed by atoms with Crippen molar-refractivity contribution < 1.29 is 9.72 Å². The van der Waals surface area contributed by atoms with Crippen molar-refractivity contribution in [1.29, 1.82) is 0 Å². The summed E-state index contributed by atoms with van der Waals surface area (Å²) in [5.41, 5.74) is 1.70. The van der Waals surface area contributed by atoms with E-state index in [4.69, 9.17) is 11.6 Å². The van der Waals surface area contributed by atoms with Gasteiger partial charge in [0.05, 0.1) is 20.7 Å². The second-order valence-corrected chi connectivity index (χ2v) is 8.34. The first-order valence-corrected chi connectivity index (χ1v) is 10.7. The van der Waals surface area contributed by atoms with E-state index < -0.39 is 10.8 Å². The van der Waals surface area contributed by atoms with Crippen molar-refractivity contribution in [2.24, 2.45) is 4.99 Å². The van der Waals surface area contributed by atoms with Gasteiger partial charge in [0.1, 0.15) is 11.5 Å². The molecule has 156 valence electrons. The number of halogens is 1. The van der Waals surface area contributed by atoms with E-state index in [0.29, 0.717) is 27.1 Å². The average Bonchev–Trinajstić information content (AvgIpc) is 3.35. The normalized spacial score (nSPS) is 14.9. The van der Waals surface area contributed by atoms with Crippen LogP contribution in [0.5, 0.6) is 0 Å². The molecule has 3 aromatic carbocycles. The first kappa shape index (κ1) is 20.0. The predicted molar refractivity (Wildman–Crippen MR) is 126 cm³/mol. The van der Waals surface area contributed by atoms with E-state index in [1.54, 1.807) is 30.3 Å². The lowest BCUT2D eigenvalue weighted by Gasteiger charge is -2.14. The molecule has 1 aromatic heterocycles. The van der Waals surface area contributed by atoms with Crippen LogP contribution < -0.4 is 4.90 Å². The van der Waals surface area contributed by atoms with E-state index in [-0.39, 0.29) is 11.4 Å². The number of hydrogen-bond acceptors (Lipinski definition) is 6. The zero-order valence-corrected chi connectivity index (χ0v) is 17.9. The van der Waals surface area contributed by atoms with Crippen LogP contribution >= 0.6 is 22.9 Å². The Kier molecular flexibility index (Phi) is 5.01. The molecule has 0 saturated carbocycles. The summed E-state index contributed by atoms with van der Waals surface area (Å²) in [6.45, 7) is 0. The minimum absolute atomic E-state index is 0.0930. The van der Waals surface area contributed by atoms with Gasteiger partial charge in [-0.25, -0.2) is 14.9 Å². The van der Waals surface area contributed by atoms with E-state index in [9.17, 15) is 14.9 Å². The highest BCUT2D eigenvalue weighted by atomic mass is 35.5. The molecule has 0 bridgehead atoms. The van der Waals surface area contributed by atoms with Crippen molar-refractivity contribution in [1.82, 2.24) is 4.98 Å². The molecule has 0 saturated heterocycles. The summed E-state index contributed by atoms with van der Waals surface area (Å²) in [6, 6.07) is 20.8. The fourth-order valence-electron chi connectivity index (χ4n) is 3.38. The summed E-state index contributed by atoms with van der Waals surface area (Å²) in [5.74, 6) is -0.00209. The quantitative estimate of drug-likeness (QED) is 0.222. The standard InChI is InChI=1S/C23H13ClN4O3S/c24-16-10-11-20-17(13-16)26-23(32-20)27-21(14-6-2-1-3-7-14)25-18(22(27)29)12-15-8-4-5-9-19(15)28(30)31/h1-13H/b18-12-. The van der Waals surface area contributed by atoms with Gasteiger partial charge in [-0.15, -0.1) is 0 Å². The number of fused-ring (bicyclic) bond motifs is 1. The molecule has 32 heavy (non-hydrogen) atoms. The van der Waals surface area contributed by atoms with Gasteiger partial charge in [-0.1, -0.05) is 65.4 Å². The highest BCUT2D eigenvalue weighted by molar-refractivity contribution is 7.22. The molecule has 2 heterocycles. The first-order valence-electron chi connectivity index (χ1n) is 9.51. The Bertz CT molecular complexity index is 1450. The van der Waals surface area contributed by atoms with Crippen molar-refractivity contribution in [2.45, 2.75) is 0 Å². The molecule has 9 heteroatoms. The summed E-state index contributed by atoms with van der Waals surface area (Å²) in [7, 11) is 0. The van der Waals surface area contributed by atoms with E-state index in [0.717, 1.165) is 10.3 Å². The Balaban J connectivity index is 1.66. The van der Waals surface area contributed by atoms with Crippen molar-refractivity contribution in [3.63, 3.8) is 0 Å². The number of rotatable bonds is 4. The largest absolute Gasteiger partial charge is 0.284 e.